The van der Waals surface area contributed by atoms with Gasteiger partial charge in [0.05, 0.1) is 5.69 Å². The summed E-state index contributed by atoms with van der Waals surface area (Å²) in [5.41, 5.74) is 1.03. The zero-order chi connectivity index (χ0) is 9.68. The van der Waals surface area contributed by atoms with Crippen LogP contribution in [0.15, 0.2) is 12.3 Å². The lowest BCUT2D eigenvalue weighted by atomic mass is 10.4. The lowest BCUT2D eigenvalue weighted by Crippen LogP contribution is -2.22. The number of nitrogens with one attached hydrogen (secondary N) is 1. The maximum atomic E-state index is 10.5. The fraction of sp³-hybridized carbons (Fsp3) is 0.556. The Morgan fingerprint density at radius 2 is 2.46 bits per heavy atom. The van der Waals surface area contributed by atoms with Crippen LogP contribution in [0.25, 0.3) is 0 Å². The number of hydrogen-bond donors (Lipinski definition) is 1. The van der Waals surface area contributed by atoms with Gasteiger partial charge in [0.25, 0.3) is 0 Å². The third kappa shape index (κ3) is 3.73. The predicted molar refractivity (Wildman–Crippen MR) is 50.3 cm³/mol. The first kappa shape index (κ1) is 9.77. The fourth-order valence-corrected chi connectivity index (χ4v) is 1.09. The van der Waals surface area contributed by atoms with Crippen molar-refractivity contribution < 1.29 is 4.79 Å². The number of aryl methyl sites for hydroxylation is 2. The molecule has 0 saturated carbocycles. The van der Waals surface area contributed by atoms with E-state index in [2.05, 4.69) is 10.4 Å². The highest BCUT2D eigenvalue weighted by atomic mass is 16.1. The molecular weight excluding hydrogens is 166 g/mol. The zero-order valence-corrected chi connectivity index (χ0v) is 8.08. The van der Waals surface area contributed by atoms with Crippen LogP contribution in [0.4, 0.5) is 0 Å². The van der Waals surface area contributed by atoms with Crippen LogP contribution >= 0.6 is 0 Å². The first-order valence-electron chi connectivity index (χ1n) is 4.43. The average Bonchev–Trinajstić information content (AvgIpc) is 2.45. The zero-order valence-electron chi connectivity index (χ0n) is 8.08. The van der Waals surface area contributed by atoms with Gasteiger partial charge in [-0.05, 0) is 19.4 Å². The Bertz CT molecular complexity index is 280. The highest BCUT2D eigenvalue weighted by Crippen LogP contribution is 1.93. The quantitative estimate of drug-likeness (QED) is 0.696. The van der Waals surface area contributed by atoms with Crippen molar-refractivity contribution in [3.63, 3.8) is 0 Å². The molecule has 0 fully saturated rings. The smallest absolute Gasteiger partial charge is 0.216 e. The maximum Gasteiger partial charge on any atom is 0.216 e. The van der Waals surface area contributed by atoms with Crippen molar-refractivity contribution >= 4 is 5.91 Å². The molecule has 1 amide bonds. The Labute approximate surface area is 77.9 Å². The van der Waals surface area contributed by atoms with Crippen LogP contribution in [0.3, 0.4) is 0 Å². The van der Waals surface area contributed by atoms with Gasteiger partial charge in [-0.25, -0.2) is 0 Å². The molecule has 72 valence electrons. The summed E-state index contributed by atoms with van der Waals surface area (Å²) in [4.78, 5) is 10.5. The third-order valence-electron chi connectivity index (χ3n) is 1.71. The number of nitrogens with zero attached hydrogens (tertiary/aromatic N) is 2. The van der Waals surface area contributed by atoms with Gasteiger partial charge < -0.3 is 5.32 Å². The molecular formula is C9H15N3O. The molecule has 4 heteroatoms. The Morgan fingerprint density at radius 3 is 3.00 bits per heavy atom. The van der Waals surface area contributed by atoms with Gasteiger partial charge >= 0.3 is 0 Å². The first-order chi connectivity index (χ1) is 6.18. The lowest BCUT2D eigenvalue weighted by Gasteiger charge is -2.02. The molecule has 0 saturated heterocycles. The van der Waals surface area contributed by atoms with Crippen LogP contribution in [-0.4, -0.2) is 22.2 Å². The summed E-state index contributed by atoms with van der Waals surface area (Å²) in [5.74, 6) is 0.0247. The van der Waals surface area contributed by atoms with Crippen LogP contribution < -0.4 is 5.32 Å². The van der Waals surface area contributed by atoms with Gasteiger partial charge in [0, 0.05) is 26.2 Å². The highest BCUT2D eigenvalue weighted by Gasteiger charge is 1.94. The minimum Gasteiger partial charge on any atom is -0.356 e. The van der Waals surface area contributed by atoms with Crippen LogP contribution in [0.1, 0.15) is 19.0 Å². The first-order valence-corrected chi connectivity index (χ1v) is 4.43. The van der Waals surface area contributed by atoms with E-state index in [4.69, 9.17) is 0 Å². The number of carbonyl (C=O) groups excluding carboxylic acids is 1. The van der Waals surface area contributed by atoms with E-state index in [0.717, 1.165) is 18.7 Å². The van der Waals surface area contributed by atoms with E-state index < -0.39 is 0 Å². The molecule has 1 rings (SSSR count). The van der Waals surface area contributed by atoms with Crippen LogP contribution in [-0.2, 0) is 11.3 Å². The SMILES string of the molecule is CC(=O)NCCCn1ccc(C)n1. The predicted octanol–water partition coefficient (Wildman–Crippen LogP) is 0.718. The molecule has 1 aromatic heterocycles. The maximum absolute atomic E-state index is 10.5. The molecule has 4 nitrogen and oxygen atoms in total. The monoisotopic (exact) mass is 181 g/mol. The second-order valence-corrected chi connectivity index (χ2v) is 3.06. The molecule has 0 radical (unpaired) electrons. The topological polar surface area (TPSA) is 46.9 Å². The summed E-state index contributed by atoms with van der Waals surface area (Å²) in [5, 5.41) is 6.97. The minimum absolute atomic E-state index is 0.0247. The summed E-state index contributed by atoms with van der Waals surface area (Å²) in [7, 11) is 0. The average molecular weight is 181 g/mol. The van der Waals surface area contributed by atoms with E-state index in [0.29, 0.717) is 6.54 Å². The van der Waals surface area contributed by atoms with Crippen molar-refractivity contribution in [1.82, 2.24) is 15.1 Å². The normalized spacial score (nSPS) is 10.0. The third-order valence-corrected chi connectivity index (χ3v) is 1.71. The molecule has 1 heterocycles. The molecule has 0 aliphatic carbocycles. The van der Waals surface area contributed by atoms with Crippen molar-refractivity contribution in [2.75, 3.05) is 6.54 Å². The molecule has 0 aliphatic heterocycles. The van der Waals surface area contributed by atoms with Crippen LogP contribution in [0.5, 0.6) is 0 Å². The Morgan fingerprint density at radius 1 is 1.69 bits per heavy atom. The van der Waals surface area contributed by atoms with Gasteiger partial charge in [-0.1, -0.05) is 0 Å². The molecule has 13 heavy (non-hydrogen) atoms. The Kier molecular flexibility index (Phi) is 3.49. The van der Waals surface area contributed by atoms with Crippen molar-refractivity contribution in [2.24, 2.45) is 0 Å². The second kappa shape index (κ2) is 4.64. The second-order valence-electron chi connectivity index (χ2n) is 3.06. The molecule has 0 bridgehead atoms. The standard InChI is InChI=1S/C9H15N3O/c1-8-4-7-12(11-8)6-3-5-10-9(2)13/h4,7H,3,5-6H2,1-2H3,(H,10,13). The van der Waals surface area contributed by atoms with Crippen LogP contribution in [0, 0.1) is 6.92 Å². The number of carbonyl (C=O) groups is 1. The lowest BCUT2D eigenvalue weighted by molar-refractivity contribution is -0.118. The van der Waals surface area contributed by atoms with E-state index in [1.807, 2.05) is 23.9 Å². The van der Waals surface area contributed by atoms with E-state index in [1.165, 1.54) is 6.92 Å². The van der Waals surface area contributed by atoms with E-state index >= 15 is 0 Å². The molecule has 0 aromatic carbocycles. The summed E-state index contributed by atoms with van der Waals surface area (Å²) in [6, 6.07) is 1.97. The van der Waals surface area contributed by atoms with Crippen molar-refractivity contribution in [2.45, 2.75) is 26.8 Å². The van der Waals surface area contributed by atoms with E-state index in [9.17, 15) is 4.79 Å². The molecule has 1 aromatic rings. The molecule has 0 aliphatic rings. The van der Waals surface area contributed by atoms with Gasteiger partial charge in [-0.15, -0.1) is 0 Å². The van der Waals surface area contributed by atoms with Gasteiger partial charge in [0.2, 0.25) is 5.91 Å². The van der Waals surface area contributed by atoms with Crippen molar-refractivity contribution in [1.29, 1.82) is 0 Å². The summed E-state index contributed by atoms with van der Waals surface area (Å²) in [6.07, 6.45) is 2.86. The van der Waals surface area contributed by atoms with Crippen LogP contribution in [0.2, 0.25) is 0 Å². The molecule has 0 unspecified atom stereocenters. The van der Waals surface area contributed by atoms with E-state index in [-0.39, 0.29) is 5.91 Å². The number of amides is 1. The summed E-state index contributed by atoms with van der Waals surface area (Å²) >= 11 is 0. The molecule has 0 atom stereocenters. The number of hydrogen-bond acceptors (Lipinski definition) is 2. The molecule has 1 N–H and O–H groups in total. The highest BCUT2D eigenvalue weighted by molar-refractivity contribution is 5.72. The van der Waals surface area contributed by atoms with Crippen molar-refractivity contribution in [3.05, 3.63) is 18.0 Å². The van der Waals surface area contributed by atoms with Crippen molar-refractivity contribution in [3.8, 4) is 0 Å². The minimum atomic E-state index is 0.0247. The summed E-state index contributed by atoms with van der Waals surface area (Å²) in [6.45, 7) is 5.06. The van der Waals surface area contributed by atoms with Gasteiger partial charge in [-0.2, -0.15) is 5.10 Å². The van der Waals surface area contributed by atoms with Gasteiger partial charge in [0.15, 0.2) is 0 Å². The Hall–Kier alpha value is -1.32. The van der Waals surface area contributed by atoms with Gasteiger partial charge in [-0.3, -0.25) is 9.48 Å². The fourth-order valence-electron chi connectivity index (χ4n) is 1.09. The largest absolute Gasteiger partial charge is 0.356 e. The van der Waals surface area contributed by atoms with Gasteiger partial charge in [0.1, 0.15) is 0 Å². The molecule has 0 spiro atoms. The summed E-state index contributed by atoms with van der Waals surface area (Å²) < 4.78 is 1.89. The van der Waals surface area contributed by atoms with E-state index in [1.54, 1.807) is 0 Å². The number of aromatic nitrogens is 2. The number of rotatable bonds is 4. The Balaban J connectivity index is 2.16.